The summed E-state index contributed by atoms with van der Waals surface area (Å²) < 4.78 is 0. The Morgan fingerprint density at radius 1 is 1.33 bits per heavy atom. The highest BCUT2D eigenvalue weighted by Gasteiger charge is 2.08. The number of anilines is 1. The number of nitrogens with one attached hydrogen (secondary N) is 2. The predicted molar refractivity (Wildman–Crippen MR) is 88.6 cm³/mol. The van der Waals surface area contributed by atoms with Crippen molar-refractivity contribution in [2.45, 2.75) is 32.4 Å². The van der Waals surface area contributed by atoms with E-state index in [1.807, 2.05) is 6.07 Å². The number of aryl methyl sites for hydroxylation is 1. The van der Waals surface area contributed by atoms with Crippen LogP contribution in [0.5, 0.6) is 0 Å². The van der Waals surface area contributed by atoms with Crippen LogP contribution in [0.4, 0.5) is 5.82 Å². The van der Waals surface area contributed by atoms with Gasteiger partial charge in [-0.2, -0.15) is 5.10 Å². The van der Waals surface area contributed by atoms with Gasteiger partial charge in [0.1, 0.15) is 0 Å². The molecule has 0 unspecified atom stereocenters. The van der Waals surface area contributed by atoms with Gasteiger partial charge in [-0.3, -0.25) is 9.89 Å². The Hall–Kier alpha value is -1.75. The number of carbonyl (C=O) groups is 1. The maximum atomic E-state index is 11.9. The van der Waals surface area contributed by atoms with Crippen molar-refractivity contribution in [2.75, 3.05) is 11.1 Å². The zero-order valence-corrected chi connectivity index (χ0v) is 13.5. The molecule has 0 fully saturated rings. The fourth-order valence-electron chi connectivity index (χ4n) is 1.82. The van der Waals surface area contributed by atoms with Crippen LogP contribution >= 0.6 is 11.8 Å². The van der Waals surface area contributed by atoms with Crippen molar-refractivity contribution in [3.8, 4) is 0 Å². The minimum absolute atomic E-state index is 0.0195. The second-order valence-corrected chi connectivity index (χ2v) is 6.38. The third kappa shape index (κ3) is 4.93. The molecule has 2 aromatic rings. The molecule has 0 atom stereocenters. The van der Waals surface area contributed by atoms with Crippen LogP contribution in [-0.4, -0.2) is 21.9 Å². The van der Waals surface area contributed by atoms with Crippen molar-refractivity contribution in [2.24, 2.45) is 0 Å². The van der Waals surface area contributed by atoms with E-state index in [-0.39, 0.29) is 5.91 Å². The van der Waals surface area contributed by atoms with Crippen LogP contribution < -0.4 is 5.32 Å². The van der Waals surface area contributed by atoms with Gasteiger partial charge in [0, 0.05) is 17.5 Å². The van der Waals surface area contributed by atoms with Gasteiger partial charge in [-0.15, -0.1) is 11.8 Å². The van der Waals surface area contributed by atoms with Crippen LogP contribution in [0, 0.1) is 6.92 Å². The van der Waals surface area contributed by atoms with Crippen molar-refractivity contribution in [3.05, 3.63) is 47.2 Å². The number of aromatic nitrogens is 2. The molecular formula is C16H21N3OS. The predicted octanol–water partition coefficient (Wildman–Crippen LogP) is 3.71. The molecule has 0 aliphatic rings. The Balaban J connectivity index is 1.75. The average molecular weight is 303 g/mol. The molecule has 0 aliphatic heterocycles. The van der Waals surface area contributed by atoms with Crippen molar-refractivity contribution < 1.29 is 4.79 Å². The minimum Gasteiger partial charge on any atom is -0.308 e. The summed E-state index contributed by atoms with van der Waals surface area (Å²) in [5, 5.41) is 9.82. The molecule has 0 radical (unpaired) electrons. The molecule has 1 aromatic heterocycles. The maximum Gasteiger partial charge on any atom is 0.235 e. The fourth-order valence-corrected chi connectivity index (χ4v) is 2.61. The lowest BCUT2D eigenvalue weighted by Crippen LogP contribution is -2.14. The number of thioether (sulfide) groups is 1. The van der Waals surface area contributed by atoms with E-state index in [0.717, 1.165) is 11.4 Å². The third-order valence-corrected chi connectivity index (χ3v) is 4.11. The molecule has 0 aliphatic carbocycles. The maximum absolute atomic E-state index is 11.9. The summed E-state index contributed by atoms with van der Waals surface area (Å²) in [5.41, 5.74) is 3.51. The largest absolute Gasteiger partial charge is 0.308 e. The van der Waals surface area contributed by atoms with Gasteiger partial charge in [0.15, 0.2) is 5.82 Å². The number of aromatic amines is 1. The zero-order chi connectivity index (χ0) is 15.2. The van der Waals surface area contributed by atoms with E-state index < -0.39 is 0 Å². The highest BCUT2D eigenvalue weighted by Crippen LogP contribution is 2.16. The summed E-state index contributed by atoms with van der Waals surface area (Å²) in [6, 6.07) is 10.3. The number of amides is 1. The Bertz CT molecular complexity index is 590. The van der Waals surface area contributed by atoms with E-state index in [2.05, 4.69) is 60.6 Å². The minimum atomic E-state index is -0.0195. The topological polar surface area (TPSA) is 57.8 Å². The van der Waals surface area contributed by atoms with E-state index in [9.17, 15) is 4.79 Å². The molecule has 1 aromatic carbocycles. The van der Waals surface area contributed by atoms with Crippen LogP contribution in [0.25, 0.3) is 0 Å². The smallest absolute Gasteiger partial charge is 0.235 e. The van der Waals surface area contributed by atoms with Crippen molar-refractivity contribution in [1.82, 2.24) is 10.2 Å². The molecule has 0 saturated carbocycles. The number of benzene rings is 1. The molecule has 1 heterocycles. The van der Waals surface area contributed by atoms with Crippen LogP contribution in [0.15, 0.2) is 30.3 Å². The Morgan fingerprint density at radius 2 is 2.05 bits per heavy atom. The number of hydrogen-bond donors (Lipinski definition) is 2. The van der Waals surface area contributed by atoms with Crippen molar-refractivity contribution in [3.63, 3.8) is 0 Å². The number of rotatable bonds is 6. The lowest BCUT2D eigenvalue weighted by Gasteiger charge is -2.03. The average Bonchev–Trinajstić information content (AvgIpc) is 2.90. The summed E-state index contributed by atoms with van der Waals surface area (Å²) in [6.07, 6.45) is 0. The fraction of sp³-hybridized carbons (Fsp3) is 0.375. The van der Waals surface area contributed by atoms with Crippen LogP contribution in [0.2, 0.25) is 0 Å². The second-order valence-electron chi connectivity index (χ2n) is 5.39. The number of nitrogens with zero attached hydrogens (tertiary/aromatic N) is 1. The molecule has 2 N–H and O–H groups in total. The Labute approximate surface area is 129 Å². The molecule has 0 bridgehead atoms. The van der Waals surface area contributed by atoms with Gasteiger partial charge in [-0.05, 0) is 18.4 Å². The third-order valence-electron chi connectivity index (χ3n) is 3.11. The molecule has 0 saturated heterocycles. The summed E-state index contributed by atoms with van der Waals surface area (Å²) in [4.78, 5) is 11.9. The molecule has 1 amide bonds. The zero-order valence-electron chi connectivity index (χ0n) is 12.6. The first-order chi connectivity index (χ1) is 10.0. The van der Waals surface area contributed by atoms with Crippen LogP contribution in [0.1, 0.15) is 36.6 Å². The highest BCUT2D eigenvalue weighted by atomic mass is 32.2. The number of carbonyl (C=O) groups excluding carboxylic acids is 1. The first-order valence-electron chi connectivity index (χ1n) is 7.03. The van der Waals surface area contributed by atoms with E-state index in [0.29, 0.717) is 17.5 Å². The van der Waals surface area contributed by atoms with E-state index in [4.69, 9.17) is 0 Å². The summed E-state index contributed by atoms with van der Waals surface area (Å²) >= 11 is 1.60. The van der Waals surface area contributed by atoms with Gasteiger partial charge < -0.3 is 5.32 Å². The standard InChI is InChI=1S/C16H21N3OS/c1-11(2)14-8-15(19-18-14)17-16(20)10-21-9-13-6-4-12(3)5-7-13/h4-8,11H,9-10H2,1-3H3,(H2,17,18,19,20). The van der Waals surface area contributed by atoms with Gasteiger partial charge in [-0.25, -0.2) is 0 Å². The first-order valence-corrected chi connectivity index (χ1v) is 8.18. The molecular weight excluding hydrogens is 282 g/mol. The molecule has 4 nitrogen and oxygen atoms in total. The summed E-state index contributed by atoms with van der Waals surface area (Å²) in [7, 11) is 0. The van der Waals surface area contributed by atoms with Crippen molar-refractivity contribution in [1.29, 1.82) is 0 Å². The van der Waals surface area contributed by atoms with E-state index in [1.54, 1.807) is 11.8 Å². The SMILES string of the molecule is Cc1ccc(CSCC(=O)Nc2cc(C(C)C)[nH]n2)cc1. The van der Waals surface area contributed by atoms with Gasteiger partial charge in [-0.1, -0.05) is 43.7 Å². The van der Waals surface area contributed by atoms with Gasteiger partial charge in [0.05, 0.1) is 5.75 Å². The first kappa shape index (κ1) is 15.6. The monoisotopic (exact) mass is 303 g/mol. The summed E-state index contributed by atoms with van der Waals surface area (Å²) in [6.45, 7) is 6.23. The van der Waals surface area contributed by atoms with Gasteiger partial charge >= 0.3 is 0 Å². The number of hydrogen-bond acceptors (Lipinski definition) is 3. The van der Waals surface area contributed by atoms with E-state index in [1.165, 1.54) is 11.1 Å². The van der Waals surface area contributed by atoms with Gasteiger partial charge in [0.2, 0.25) is 5.91 Å². The van der Waals surface area contributed by atoms with Crippen LogP contribution in [-0.2, 0) is 10.5 Å². The Morgan fingerprint density at radius 3 is 2.67 bits per heavy atom. The lowest BCUT2D eigenvalue weighted by molar-refractivity contribution is -0.113. The van der Waals surface area contributed by atoms with Crippen LogP contribution in [0.3, 0.4) is 0 Å². The molecule has 21 heavy (non-hydrogen) atoms. The normalized spacial score (nSPS) is 10.9. The van der Waals surface area contributed by atoms with E-state index >= 15 is 0 Å². The van der Waals surface area contributed by atoms with Crippen molar-refractivity contribution >= 4 is 23.5 Å². The molecule has 5 heteroatoms. The molecule has 2 rings (SSSR count). The van der Waals surface area contributed by atoms with Gasteiger partial charge in [0.25, 0.3) is 0 Å². The summed E-state index contributed by atoms with van der Waals surface area (Å²) in [5.74, 6) is 2.22. The lowest BCUT2D eigenvalue weighted by atomic mass is 10.1. The molecule has 0 spiro atoms. The quantitative estimate of drug-likeness (QED) is 0.855. The Kier molecular flexibility index (Phi) is 5.44. The molecule has 112 valence electrons. The highest BCUT2D eigenvalue weighted by molar-refractivity contribution is 7.99. The number of H-pyrrole nitrogens is 1. The second kappa shape index (κ2) is 7.31.